The number of fused-ring (bicyclic) bond motifs is 5. The van der Waals surface area contributed by atoms with Crippen molar-refractivity contribution >= 4 is 17.6 Å². The van der Waals surface area contributed by atoms with Crippen LogP contribution in [-0.2, 0) is 20.8 Å². The smallest absolute Gasteiger partial charge is 0.326 e. The van der Waals surface area contributed by atoms with E-state index in [0.29, 0.717) is 23.5 Å². The van der Waals surface area contributed by atoms with Crippen LogP contribution in [-0.4, -0.2) is 46.1 Å². The summed E-state index contributed by atoms with van der Waals surface area (Å²) in [7, 11) is 0. The van der Waals surface area contributed by atoms with Crippen LogP contribution in [0.4, 0.5) is 0 Å². The van der Waals surface area contributed by atoms with Crippen LogP contribution in [0.5, 0.6) is 0 Å². The van der Waals surface area contributed by atoms with Gasteiger partial charge in [0, 0.05) is 11.8 Å². The van der Waals surface area contributed by atoms with Crippen LogP contribution in [0.15, 0.2) is 59.3 Å². The van der Waals surface area contributed by atoms with Gasteiger partial charge in [0.05, 0.1) is 5.60 Å². The first kappa shape index (κ1) is 26.7. The normalized spacial score (nSPS) is 37.4. The van der Waals surface area contributed by atoms with Gasteiger partial charge in [-0.3, -0.25) is 4.79 Å². The van der Waals surface area contributed by atoms with Gasteiger partial charge < -0.3 is 20.4 Å². The maximum atomic E-state index is 12.4. The highest BCUT2D eigenvalue weighted by molar-refractivity contribution is 6.05. The number of allylic oxidation sites excluding steroid dienone is 4. The van der Waals surface area contributed by atoms with E-state index in [9.17, 15) is 19.8 Å². The van der Waals surface area contributed by atoms with E-state index in [2.05, 4.69) is 36.5 Å². The van der Waals surface area contributed by atoms with Crippen molar-refractivity contribution < 1.29 is 24.6 Å². The van der Waals surface area contributed by atoms with Gasteiger partial charge in [0.15, 0.2) is 6.61 Å². The zero-order valence-electron chi connectivity index (χ0n) is 22.7. The second-order valence-corrected chi connectivity index (χ2v) is 12.4. The van der Waals surface area contributed by atoms with Gasteiger partial charge in [-0.2, -0.15) is 0 Å². The van der Waals surface area contributed by atoms with E-state index in [4.69, 9.17) is 4.84 Å². The topological polar surface area (TPSA) is 108 Å². The highest BCUT2D eigenvalue weighted by Crippen LogP contribution is 2.66. The quantitative estimate of drug-likeness (QED) is 0.453. The lowest BCUT2D eigenvalue weighted by Gasteiger charge is -2.58. The second kappa shape index (κ2) is 9.99. The van der Waals surface area contributed by atoms with Crippen LogP contribution >= 0.6 is 0 Å². The van der Waals surface area contributed by atoms with Crippen LogP contribution in [0.25, 0.3) is 0 Å². The highest BCUT2D eigenvalue weighted by atomic mass is 16.6. The number of nitrogens with zero attached hydrogens (tertiary/aromatic N) is 1. The molecule has 3 N–H and O–H groups in total. The molecule has 3 fully saturated rings. The first-order chi connectivity index (χ1) is 18.0. The zero-order chi connectivity index (χ0) is 27.1. The minimum atomic E-state index is -1.09. The first-order valence-corrected chi connectivity index (χ1v) is 13.9. The first-order valence-electron chi connectivity index (χ1n) is 13.9. The fraction of sp³-hybridized carbons (Fsp3) is 0.581. The van der Waals surface area contributed by atoms with E-state index >= 15 is 0 Å². The van der Waals surface area contributed by atoms with Crippen LogP contribution in [0.1, 0.15) is 64.9 Å². The molecule has 38 heavy (non-hydrogen) atoms. The average Bonchev–Trinajstić information content (AvgIpc) is 3.13. The molecule has 4 aliphatic rings. The lowest BCUT2D eigenvalue weighted by atomic mass is 9.47. The van der Waals surface area contributed by atoms with Gasteiger partial charge in [-0.15, -0.1) is 0 Å². The molecule has 0 saturated heterocycles. The van der Waals surface area contributed by atoms with E-state index in [1.165, 1.54) is 5.57 Å². The molecule has 1 amide bonds. The van der Waals surface area contributed by atoms with Gasteiger partial charge in [0.1, 0.15) is 11.8 Å². The van der Waals surface area contributed by atoms with Gasteiger partial charge in [-0.25, -0.2) is 4.79 Å². The number of hydrogen-bond donors (Lipinski definition) is 3. The Kier molecular flexibility index (Phi) is 7.01. The van der Waals surface area contributed by atoms with Gasteiger partial charge in [-0.1, -0.05) is 61.0 Å². The SMILES string of the molecule is CC12C=CC(=NOCC(=O)NC(Cc3ccccc3)C(=O)O)C=C1CCC1C2CCC2(C)C1CCC2(C)O. The van der Waals surface area contributed by atoms with Crippen LogP contribution in [0.2, 0.25) is 0 Å². The van der Waals surface area contributed by atoms with E-state index in [-0.39, 0.29) is 23.9 Å². The van der Waals surface area contributed by atoms with Gasteiger partial charge in [-0.05, 0) is 86.3 Å². The molecule has 0 radical (unpaired) electrons. The lowest BCUT2D eigenvalue weighted by molar-refractivity contribution is -0.142. The summed E-state index contributed by atoms with van der Waals surface area (Å²) >= 11 is 0. The van der Waals surface area contributed by atoms with E-state index in [0.717, 1.165) is 44.1 Å². The Bertz CT molecular complexity index is 1170. The van der Waals surface area contributed by atoms with Crippen molar-refractivity contribution in [2.45, 2.75) is 77.4 Å². The molecular weight excluding hydrogens is 480 g/mol. The number of aliphatic carboxylic acids is 1. The summed E-state index contributed by atoms with van der Waals surface area (Å²) < 4.78 is 0. The molecule has 0 heterocycles. The van der Waals surface area contributed by atoms with Crippen molar-refractivity contribution in [3.63, 3.8) is 0 Å². The number of benzene rings is 1. The number of carbonyl (C=O) groups is 2. The number of carboxylic acids is 1. The molecule has 0 bridgehead atoms. The van der Waals surface area contributed by atoms with E-state index in [1.807, 2.05) is 43.3 Å². The number of hydrogen-bond acceptors (Lipinski definition) is 5. The molecular formula is C31H40N2O5. The standard InChI is InChI=1S/C31H40N2O5/c1-29-14-11-22(33-38-19-27(34)32-26(28(35)36)17-20-7-5-4-6-8-20)18-21(29)9-10-23-24(29)12-15-30(2)25(23)13-16-31(30,3)37/h4-8,11,14,18,23-26,37H,9-10,12-13,15-17,19H2,1-3H3,(H,32,34)(H,35,36). The Hall–Kier alpha value is -2.93. The number of nitrogens with one attached hydrogen (secondary N) is 1. The predicted molar refractivity (Wildman–Crippen MR) is 145 cm³/mol. The van der Waals surface area contributed by atoms with Crippen LogP contribution in [0, 0.1) is 28.6 Å². The minimum Gasteiger partial charge on any atom is -0.480 e. The zero-order valence-corrected chi connectivity index (χ0v) is 22.7. The molecule has 7 nitrogen and oxygen atoms in total. The summed E-state index contributed by atoms with van der Waals surface area (Å²) in [6.45, 7) is 6.34. The molecule has 0 aliphatic heterocycles. The fourth-order valence-corrected chi connectivity index (χ4v) is 7.96. The van der Waals surface area contributed by atoms with Crippen molar-refractivity contribution in [3.05, 3.63) is 59.7 Å². The maximum absolute atomic E-state index is 12.4. The molecule has 0 aromatic heterocycles. The molecule has 5 rings (SSSR count). The Labute approximate surface area is 225 Å². The summed E-state index contributed by atoms with van der Waals surface area (Å²) in [5, 5.41) is 27.3. The van der Waals surface area contributed by atoms with Crippen molar-refractivity contribution in [3.8, 4) is 0 Å². The molecule has 1 aromatic rings. The summed E-state index contributed by atoms with van der Waals surface area (Å²) in [6, 6.07) is 8.16. The predicted octanol–water partition coefficient (Wildman–Crippen LogP) is 4.66. The van der Waals surface area contributed by atoms with Crippen molar-refractivity contribution in [2.75, 3.05) is 6.61 Å². The van der Waals surface area contributed by atoms with Crippen molar-refractivity contribution in [1.82, 2.24) is 5.32 Å². The summed E-state index contributed by atoms with van der Waals surface area (Å²) in [6.07, 6.45) is 12.8. The molecule has 4 aliphatic carbocycles. The molecule has 3 saturated carbocycles. The number of aliphatic hydroxyl groups is 1. The summed E-state index contributed by atoms with van der Waals surface area (Å²) in [4.78, 5) is 29.3. The van der Waals surface area contributed by atoms with Crippen molar-refractivity contribution in [1.29, 1.82) is 0 Å². The number of carboxylic acid groups (broad SMARTS) is 1. The molecule has 7 atom stereocenters. The third-order valence-corrected chi connectivity index (χ3v) is 10.4. The molecule has 0 spiro atoms. The Morgan fingerprint density at radius 2 is 1.84 bits per heavy atom. The average molecular weight is 521 g/mol. The molecule has 204 valence electrons. The number of amides is 1. The fourth-order valence-electron chi connectivity index (χ4n) is 7.96. The van der Waals surface area contributed by atoms with Crippen LogP contribution in [0.3, 0.4) is 0 Å². The largest absolute Gasteiger partial charge is 0.480 e. The lowest BCUT2D eigenvalue weighted by Crippen LogP contribution is -2.53. The van der Waals surface area contributed by atoms with Crippen LogP contribution < -0.4 is 5.32 Å². The van der Waals surface area contributed by atoms with Gasteiger partial charge in [0.2, 0.25) is 0 Å². The number of oxime groups is 1. The monoisotopic (exact) mass is 520 g/mol. The summed E-state index contributed by atoms with van der Waals surface area (Å²) in [5.41, 5.74) is 2.27. The Morgan fingerprint density at radius 1 is 1.11 bits per heavy atom. The third-order valence-electron chi connectivity index (χ3n) is 10.4. The minimum absolute atomic E-state index is 0.00585. The highest BCUT2D eigenvalue weighted by Gasteiger charge is 2.61. The third kappa shape index (κ3) is 4.70. The van der Waals surface area contributed by atoms with E-state index < -0.39 is 23.5 Å². The Balaban J connectivity index is 1.19. The van der Waals surface area contributed by atoms with Crippen molar-refractivity contribution in [2.24, 2.45) is 33.7 Å². The molecule has 7 heteroatoms. The molecule has 1 aromatic carbocycles. The number of carbonyl (C=O) groups excluding carboxylic acids is 1. The molecule has 7 unspecified atom stereocenters. The second-order valence-electron chi connectivity index (χ2n) is 12.4. The Morgan fingerprint density at radius 3 is 2.58 bits per heavy atom. The van der Waals surface area contributed by atoms with E-state index in [1.54, 1.807) is 0 Å². The van der Waals surface area contributed by atoms with Gasteiger partial charge in [0.25, 0.3) is 5.91 Å². The number of rotatable bonds is 7. The maximum Gasteiger partial charge on any atom is 0.326 e. The van der Waals surface area contributed by atoms with Gasteiger partial charge >= 0.3 is 5.97 Å². The summed E-state index contributed by atoms with van der Waals surface area (Å²) in [5.74, 6) is 0.125.